The van der Waals surface area contributed by atoms with Gasteiger partial charge in [-0.25, -0.2) is 9.59 Å². The number of esters is 1. The first-order chi connectivity index (χ1) is 21.2. The molecule has 3 amide bonds. The second-order valence-electron chi connectivity index (χ2n) is 10.2. The number of carbonyl (C=O) groups is 4. The average molecular weight is 591 g/mol. The molecule has 0 aliphatic rings. The van der Waals surface area contributed by atoms with Crippen molar-refractivity contribution in [3.63, 3.8) is 0 Å². The number of amides is 3. The molecule has 44 heavy (non-hydrogen) atoms. The van der Waals surface area contributed by atoms with Gasteiger partial charge in [0.25, 0.3) is 5.91 Å². The highest BCUT2D eigenvalue weighted by atomic mass is 16.5. The number of methoxy groups -OCH3 is 1. The van der Waals surface area contributed by atoms with E-state index in [4.69, 9.17) is 9.47 Å². The van der Waals surface area contributed by atoms with Crippen molar-refractivity contribution in [3.8, 4) is 17.2 Å². The quantitative estimate of drug-likeness (QED) is 0.128. The van der Waals surface area contributed by atoms with Gasteiger partial charge in [0.05, 0.1) is 12.6 Å². The summed E-state index contributed by atoms with van der Waals surface area (Å²) in [5, 5.41) is 9.11. The zero-order chi connectivity index (χ0) is 31.2. The molecule has 0 aliphatic carbocycles. The summed E-state index contributed by atoms with van der Waals surface area (Å²) >= 11 is 0. The Bertz CT molecular complexity index is 1840. The van der Waals surface area contributed by atoms with Gasteiger partial charge in [0, 0.05) is 45.8 Å². The summed E-state index contributed by atoms with van der Waals surface area (Å²) in [6.45, 7) is 3.67. The molecule has 222 valence electrons. The minimum absolute atomic E-state index is 0.0547. The van der Waals surface area contributed by atoms with Crippen LogP contribution in [0.3, 0.4) is 0 Å². The highest BCUT2D eigenvalue weighted by Gasteiger charge is 2.17. The van der Waals surface area contributed by atoms with Crippen LogP contribution in [0.25, 0.3) is 16.6 Å². The van der Waals surface area contributed by atoms with Gasteiger partial charge in [0.2, 0.25) is 0 Å². The molecule has 4 aromatic carbocycles. The molecule has 0 saturated heterocycles. The fourth-order valence-corrected chi connectivity index (χ4v) is 4.62. The van der Waals surface area contributed by atoms with E-state index in [0.29, 0.717) is 28.3 Å². The van der Waals surface area contributed by atoms with Crippen LogP contribution < -0.4 is 20.7 Å². The Balaban J connectivity index is 1.26. The minimum Gasteiger partial charge on any atom is -0.465 e. The van der Waals surface area contributed by atoms with Crippen LogP contribution in [0.5, 0.6) is 11.5 Å². The molecular formula is C34H30N4O6. The molecule has 0 fully saturated rings. The smallest absolute Gasteiger partial charge is 0.341 e. The first-order valence-corrected chi connectivity index (χ1v) is 13.8. The zero-order valence-corrected chi connectivity index (χ0v) is 24.3. The number of benzene rings is 4. The topological polar surface area (TPSA) is 128 Å². The lowest BCUT2D eigenvalue weighted by molar-refractivity contribution is 0.0597. The fourth-order valence-electron chi connectivity index (χ4n) is 4.62. The van der Waals surface area contributed by atoms with E-state index < -0.39 is 12.0 Å². The molecule has 3 N–H and O–H groups in total. The molecule has 0 unspecified atom stereocenters. The average Bonchev–Trinajstić information content (AvgIpc) is 3.41. The van der Waals surface area contributed by atoms with Gasteiger partial charge in [-0.3, -0.25) is 9.59 Å². The van der Waals surface area contributed by atoms with Crippen LogP contribution >= 0.6 is 0 Å². The zero-order valence-electron chi connectivity index (χ0n) is 24.3. The van der Waals surface area contributed by atoms with Gasteiger partial charge in [0.1, 0.15) is 17.1 Å². The fraction of sp³-hybridized carbons (Fsp3) is 0.118. The Kier molecular flexibility index (Phi) is 8.71. The molecule has 5 aromatic rings. The van der Waals surface area contributed by atoms with Gasteiger partial charge in [-0.1, -0.05) is 18.2 Å². The standard InChI is InChI=1S/C34H30N4O6/c1-21(2)35-34(42)37-25-12-17-31(29(18-25)33(41)43-3)44-27-15-10-24(11-16-27)36-32(40)22-8-13-26(14-9-22)38-19-23(20-39)28-6-4-5-7-30(28)38/h4-21H,1-3H3,(H,36,40)(H2,35,37,42). The van der Waals surface area contributed by atoms with Crippen molar-refractivity contribution in [1.29, 1.82) is 0 Å². The van der Waals surface area contributed by atoms with E-state index in [9.17, 15) is 19.2 Å². The molecular weight excluding hydrogens is 560 g/mol. The summed E-state index contributed by atoms with van der Waals surface area (Å²) < 4.78 is 12.7. The summed E-state index contributed by atoms with van der Waals surface area (Å²) in [6, 6.07) is 25.6. The molecule has 1 heterocycles. The highest BCUT2D eigenvalue weighted by Crippen LogP contribution is 2.30. The summed E-state index contributed by atoms with van der Waals surface area (Å²) in [5.41, 5.74) is 3.84. The van der Waals surface area contributed by atoms with Crippen molar-refractivity contribution < 1.29 is 28.7 Å². The first kappa shape index (κ1) is 29.6. The number of nitrogens with zero attached hydrogens (tertiary/aromatic N) is 1. The van der Waals surface area contributed by atoms with Crippen molar-refractivity contribution in [1.82, 2.24) is 9.88 Å². The van der Waals surface area contributed by atoms with Crippen LogP contribution in [-0.2, 0) is 4.74 Å². The Morgan fingerprint density at radius 1 is 0.841 bits per heavy atom. The molecule has 10 nitrogen and oxygen atoms in total. The predicted octanol–water partition coefficient (Wildman–Crippen LogP) is 6.80. The molecule has 0 radical (unpaired) electrons. The Morgan fingerprint density at radius 2 is 1.55 bits per heavy atom. The molecule has 0 atom stereocenters. The monoisotopic (exact) mass is 590 g/mol. The van der Waals surface area contributed by atoms with Gasteiger partial charge in [-0.15, -0.1) is 0 Å². The second kappa shape index (κ2) is 13.0. The summed E-state index contributed by atoms with van der Waals surface area (Å²) in [6.07, 6.45) is 2.61. The van der Waals surface area contributed by atoms with Crippen LogP contribution in [0.15, 0.2) is 97.2 Å². The molecule has 0 aliphatic heterocycles. The molecule has 0 spiro atoms. The van der Waals surface area contributed by atoms with E-state index in [1.165, 1.54) is 13.2 Å². The number of ether oxygens (including phenoxy) is 2. The predicted molar refractivity (Wildman–Crippen MR) is 168 cm³/mol. The lowest BCUT2D eigenvalue weighted by Crippen LogP contribution is -2.34. The van der Waals surface area contributed by atoms with Crippen molar-refractivity contribution >= 4 is 46.5 Å². The van der Waals surface area contributed by atoms with E-state index in [2.05, 4.69) is 16.0 Å². The maximum atomic E-state index is 12.9. The summed E-state index contributed by atoms with van der Waals surface area (Å²) in [5.74, 6) is -0.269. The SMILES string of the molecule is COC(=O)c1cc(NC(=O)NC(C)C)ccc1Oc1ccc(NC(=O)c2ccc(-n3cc(C=O)c4ccccc43)cc2)cc1. The third-order valence-electron chi connectivity index (χ3n) is 6.68. The first-order valence-electron chi connectivity index (χ1n) is 13.8. The Labute approximate surface area is 253 Å². The Morgan fingerprint density at radius 3 is 2.23 bits per heavy atom. The van der Waals surface area contributed by atoms with Gasteiger partial charge in [0.15, 0.2) is 6.29 Å². The maximum Gasteiger partial charge on any atom is 0.341 e. The van der Waals surface area contributed by atoms with Gasteiger partial charge in [-0.2, -0.15) is 0 Å². The van der Waals surface area contributed by atoms with Crippen molar-refractivity contribution in [2.24, 2.45) is 0 Å². The van der Waals surface area contributed by atoms with Gasteiger partial charge in [-0.05, 0) is 86.6 Å². The number of rotatable bonds is 9. The van der Waals surface area contributed by atoms with E-state index in [1.54, 1.807) is 54.7 Å². The normalized spacial score (nSPS) is 10.7. The van der Waals surface area contributed by atoms with E-state index in [0.717, 1.165) is 22.9 Å². The van der Waals surface area contributed by atoms with Crippen molar-refractivity contribution in [2.45, 2.75) is 19.9 Å². The molecule has 0 saturated carbocycles. The summed E-state index contributed by atoms with van der Waals surface area (Å²) in [7, 11) is 1.26. The van der Waals surface area contributed by atoms with E-state index >= 15 is 0 Å². The lowest BCUT2D eigenvalue weighted by atomic mass is 10.1. The number of aldehydes is 1. The number of hydrogen-bond acceptors (Lipinski definition) is 6. The molecule has 5 rings (SSSR count). The number of nitrogens with one attached hydrogen (secondary N) is 3. The largest absolute Gasteiger partial charge is 0.465 e. The highest BCUT2D eigenvalue weighted by molar-refractivity contribution is 6.04. The summed E-state index contributed by atoms with van der Waals surface area (Å²) in [4.78, 5) is 48.9. The van der Waals surface area contributed by atoms with E-state index in [1.807, 2.05) is 54.8 Å². The van der Waals surface area contributed by atoms with Crippen LogP contribution in [0.4, 0.5) is 16.2 Å². The number of carbonyl (C=O) groups excluding carboxylic acids is 4. The third kappa shape index (κ3) is 6.60. The van der Waals surface area contributed by atoms with Gasteiger partial charge >= 0.3 is 12.0 Å². The van der Waals surface area contributed by atoms with Crippen molar-refractivity contribution in [2.75, 3.05) is 17.7 Å². The number of aromatic nitrogens is 1. The second-order valence-corrected chi connectivity index (χ2v) is 10.2. The van der Waals surface area contributed by atoms with Crippen molar-refractivity contribution in [3.05, 3.63) is 114 Å². The number of fused-ring (bicyclic) bond motifs is 1. The Hall–Kier alpha value is -5.90. The minimum atomic E-state index is -0.628. The van der Waals surface area contributed by atoms with Crippen LogP contribution in [0, 0.1) is 0 Å². The van der Waals surface area contributed by atoms with E-state index in [-0.39, 0.29) is 23.3 Å². The number of para-hydroxylation sites is 1. The molecule has 10 heteroatoms. The molecule has 0 bridgehead atoms. The van der Waals surface area contributed by atoms with Crippen LogP contribution in [0.1, 0.15) is 44.9 Å². The van der Waals surface area contributed by atoms with Gasteiger partial charge < -0.3 is 30.0 Å². The number of anilines is 2. The lowest BCUT2D eigenvalue weighted by Gasteiger charge is -2.14. The number of hydrogen-bond donors (Lipinski definition) is 3. The van der Waals surface area contributed by atoms with Crippen LogP contribution in [0.2, 0.25) is 0 Å². The maximum absolute atomic E-state index is 12.9. The molecule has 1 aromatic heterocycles. The van der Waals surface area contributed by atoms with Crippen LogP contribution in [-0.4, -0.2) is 41.9 Å². The third-order valence-corrected chi connectivity index (χ3v) is 6.68. The number of urea groups is 1.